The Morgan fingerprint density at radius 3 is 2.20 bits per heavy atom. The molecule has 0 radical (unpaired) electrons. The Bertz CT molecular complexity index is 828. The lowest BCUT2D eigenvalue weighted by Crippen LogP contribution is -2.43. The van der Waals surface area contributed by atoms with Gasteiger partial charge in [0.15, 0.2) is 11.5 Å². The van der Waals surface area contributed by atoms with Crippen LogP contribution in [0.2, 0.25) is 0 Å². The van der Waals surface area contributed by atoms with Crippen LogP contribution in [0.25, 0.3) is 0 Å². The molecule has 0 unspecified atom stereocenters. The lowest BCUT2D eigenvalue weighted by molar-refractivity contribution is 0.0162. The van der Waals surface area contributed by atoms with Gasteiger partial charge in [0.25, 0.3) is 5.91 Å². The van der Waals surface area contributed by atoms with Crippen LogP contribution >= 0.6 is 0 Å². The van der Waals surface area contributed by atoms with Crippen LogP contribution in [0.4, 0.5) is 4.39 Å². The summed E-state index contributed by atoms with van der Waals surface area (Å²) in [5, 5.41) is 2.98. The molecule has 0 bridgehead atoms. The van der Waals surface area contributed by atoms with Crippen LogP contribution in [0.5, 0.6) is 17.2 Å². The normalized spacial score (nSPS) is 15.3. The van der Waals surface area contributed by atoms with E-state index >= 15 is 0 Å². The molecule has 1 aliphatic heterocycles. The molecule has 8 heteroatoms. The molecule has 30 heavy (non-hydrogen) atoms. The van der Waals surface area contributed by atoms with E-state index in [1.165, 1.54) is 33.5 Å². The summed E-state index contributed by atoms with van der Waals surface area (Å²) in [7, 11) is 4.51. The summed E-state index contributed by atoms with van der Waals surface area (Å²) < 4.78 is 34.8. The molecular formula is C22H27FN2O5. The smallest absolute Gasteiger partial charge is 0.251 e. The molecule has 7 nitrogen and oxygen atoms in total. The van der Waals surface area contributed by atoms with Crippen molar-refractivity contribution in [2.24, 2.45) is 0 Å². The summed E-state index contributed by atoms with van der Waals surface area (Å²) in [5.74, 6) is 0.681. The Balaban J connectivity index is 1.79. The summed E-state index contributed by atoms with van der Waals surface area (Å²) in [5.41, 5.74) is 1.33. The fraction of sp³-hybridized carbons (Fsp3) is 0.409. The number of nitrogens with one attached hydrogen (secondary N) is 1. The molecule has 0 spiro atoms. The second kappa shape index (κ2) is 10.3. The number of halogens is 1. The highest BCUT2D eigenvalue weighted by molar-refractivity contribution is 5.95. The average Bonchev–Trinajstić information content (AvgIpc) is 2.79. The minimum absolute atomic E-state index is 0.0968. The molecular weight excluding hydrogens is 391 g/mol. The van der Waals surface area contributed by atoms with Crippen LogP contribution < -0.4 is 19.5 Å². The highest BCUT2D eigenvalue weighted by atomic mass is 19.1. The molecule has 1 fully saturated rings. The van der Waals surface area contributed by atoms with Crippen LogP contribution in [0.15, 0.2) is 36.4 Å². The maximum absolute atomic E-state index is 13.4. The van der Waals surface area contributed by atoms with E-state index in [0.29, 0.717) is 42.6 Å². The molecule has 0 saturated carbocycles. The molecule has 1 heterocycles. The third-order valence-corrected chi connectivity index (χ3v) is 5.12. The number of methoxy groups -OCH3 is 3. The van der Waals surface area contributed by atoms with Gasteiger partial charge in [-0.2, -0.15) is 0 Å². The Hall–Kier alpha value is -2.84. The van der Waals surface area contributed by atoms with Crippen molar-refractivity contribution >= 4 is 5.91 Å². The monoisotopic (exact) mass is 418 g/mol. The maximum Gasteiger partial charge on any atom is 0.251 e. The summed E-state index contributed by atoms with van der Waals surface area (Å²) in [6.45, 7) is 3.09. The first kappa shape index (κ1) is 21.9. The SMILES string of the molecule is COc1cc(C(=O)NC[C@@H](c2ccc(F)cc2)N2CCOCC2)cc(OC)c1OC. The lowest BCUT2D eigenvalue weighted by Gasteiger charge is -2.35. The van der Waals surface area contributed by atoms with Crippen LogP contribution in [0.1, 0.15) is 22.0 Å². The summed E-state index contributed by atoms with van der Waals surface area (Å²) >= 11 is 0. The standard InChI is InChI=1S/C22H27FN2O5/c1-27-19-12-16(13-20(28-2)21(19)29-3)22(26)24-14-18(25-8-10-30-11-9-25)15-4-6-17(23)7-5-15/h4-7,12-13,18H,8-11,14H2,1-3H3,(H,24,26)/t18-/m0/s1. The van der Waals surface area contributed by atoms with Crippen molar-refractivity contribution in [2.45, 2.75) is 6.04 Å². The minimum atomic E-state index is -0.291. The summed E-state index contributed by atoms with van der Waals surface area (Å²) in [6, 6.07) is 9.49. The second-order valence-corrected chi connectivity index (χ2v) is 6.84. The maximum atomic E-state index is 13.4. The molecule has 3 rings (SSSR count). The largest absolute Gasteiger partial charge is 0.493 e. The van der Waals surface area contributed by atoms with Gasteiger partial charge in [-0.1, -0.05) is 12.1 Å². The van der Waals surface area contributed by atoms with E-state index in [4.69, 9.17) is 18.9 Å². The van der Waals surface area contributed by atoms with E-state index in [2.05, 4.69) is 10.2 Å². The number of carbonyl (C=O) groups is 1. The highest BCUT2D eigenvalue weighted by Crippen LogP contribution is 2.38. The van der Waals surface area contributed by atoms with Crippen molar-refractivity contribution in [3.63, 3.8) is 0 Å². The van der Waals surface area contributed by atoms with E-state index in [1.807, 2.05) is 0 Å². The minimum Gasteiger partial charge on any atom is -0.493 e. The predicted octanol–water partition coefficient (Wildman–Crippen LogP) is 2.65. The first-order valence-electron chi connectivity index (χ1n) is 9.72. The quantitative estimate of drug-likeness (QED) is 0.711. The van der Waals surface area contributed by atoms with Crippen LogP contribution in [-0.2, 0) is 4.74 Å². The zero-order valence-electron chi connectivity index (χ0n) is 17.4. The van der Waals surface area contributed by atoms with Gasteiger partial charge in [0.2, 0.25) is 5.75 Å². The Labute approximate surface area is 175 Å². The number of ether oxygens (including phenoxy) is 4. The number of amides is 1. The summed E-state index contributed by atoms with van der Waals surface area (Å²) in [4.78, 5) is 15.1. The lowest BCUT2D eigenvalue weighted by atomic mass is 10.0. The molecule has 2 aromatic carbocycles. The van der Waals surface area contributed by atoms with Gasteiger partial charge in [0.1, 0.15) is 5.82 Å². The van der Waals surface area contributed by atoms with Gasteiger partial charge < -0.3 is 24.3 Å². The Morgan fingerprint density at radius 2 is 1.67 bits per heavy atom. The van der Waals surface area contributed by atoms with Gasteiger partial charge in [-0.3, -0.25) is 9.69 Å². The van der Waals surface area contributed by atoms with Crippen molar-refractivity contribution in [1.29, 1.82) is 0 Å². The highest BCUT2D eigenvalue weighted by Gasteiger charge is 2.24. The topological polar surface area (TPSA) is 69.3 Å². The molecule has 1 saturated heterocycles. The first-order valence-corrected chi connectivity index (χ1v) is 9.72. The fourth-order valence-electron chi connectivity index (χ4n) is 3.54. The van der Waals surface area contributed by atoms with Gasteiger partial charge in [0.05, 0.1) is 40.6 Å². The zero-order valence-corrected chi connectivity index (χ0v) is 17.4. The number of nitrogens with zero attached hydrogens (tertiary/aromatic N) is 1. The molecule has 1 N–H and O–H groups in total. The predicted molar refractivity (Wildman–Crippen MR) is 110 cm³/mol. The van der Waals surface area contributed by atoms with E-state index in [-0.39, 0.29) is 17.8 Å². The zero-order chi connectivity index (χ0) is 21.5. The molecule has 2 aromatic rings. The van der Waals surface area contributed by atoms with Crippen molar-refractivity contribution < 1.29 is 28.1 Å². The van der Waals surface area contributed by atoms with Crippen molar-refractivity contribution in [3.8, 4) is 17.2 Å². The fourth-order valence-corrected chi connectivity index (χ4v) is 3.54. The molecule has 162 valence electrons. The molecule has 0 aromatic heterocycles. The van der Waals surface area contributed by atoms with Gasteiger partial charge in [0, 0.05) is 25.2 Å². The van der Waals surface area contributed by atoms with Gasteiger partial charge >= 0.3 is 0 Å². The second-order valence-electron chi connectivity index (χ2n) is 6.84. The van der Waals surface area contributed by atoms with Gasteiger partial charge in [-0.05, 0) is 29.8 Å². The third-order valence-electron chi connectivity index (χ3n) is 5.12. The number of hydrogen-bond acceptors (Lipinski definition) is 6. The number of hydrogen-bond donors (Lipinski definition) is 1. The first-order chi connectivity index (χ1) is 14.6. The Morgan fingerprint density at radius 1 is 1.07 bits per heavy atom. The van der Waals surface area contributed by atoms with Gasteiger partial charge in [-0.15, -0.1) is 0 Å². The van der Waals surface area contributed by atoms with Crippen molar-refractivity contribution in [1.82, 2.24) is 10.2 Å². The number of rotatable bonds is 8. The van der Waals surface area contributed by atoms with E-state index in [1.54, 1.807) is 24.3 Å². The number of carbonyl (C=O) groups excluding carboxylic acids is 1. The Kier molecular flexibility index (Phi) is 7.48. The summed E-state index contributed by atoms with van der Waals surface area (Å²) in [6.07, 6.45) is 0. The average molecular weight is 418 g/mol. The molecule has 1 aliphatic rings. The number of morpholine rings is 1. The van der Waals surface area contributed by atoms with E-state index in [0.717, 1.165) is 18.7 Å². The molecule has 0 aliphatic carbocycles. The third kappa shape index (κ3) is 5.01. The molecule has 1 atom stereocenters. The van der Waals surface area contributed by atoms with Crippen LogP contribution in [0, 0.1) is 5.82 Å². The van der Waals surface area contributed by atoms with E-state index in [9.17, 15) is 9.18 Å². The number of benzene rings is 2. The van der Waals surface area contributed by atoms with Crippen LogP contribution in [0.3, 0.4) is 0 Å². The van der Waals surface area contributed by atoms with Crippen molar-refractivity contribution in [2.75, 3.05) is 54.2 Å². The van der Waals surface area contributed by atoms with Crippen molar-refractivity contribution in [3.05, 3.63) is 53.3 Å². The van der Waals surface area contributed by atoms with Gasteiger partial charge in [-0.25, -0.2) is 4.39 Å². The van der Waals surface area contributed by atoms with E-state index < -0.39 is 0 Å². The van der Waals surface area contributed by atoms with Crippen LogP contribution in [-0.4, -0.2) is 65.0 Å². The molecule has 1 amide bonds.